The molecule has 3 aromatic rings. The third kappa shape index (κ3) is 4.97. The molecule has 0 saturated heterocycles. The molecule has 1 N–H and O–H groups in total. The summed E-state index contributed by atoms with van der Waals surface area (Å²) >= 11 is 0. The number of nitrogens with one attached hydrogen (secondary N) is 1. The van der Waals surface area contributed by atoms with Crippen molar-refractivity contribution in [2.75, 3.05) is 5.32 Å². The first-order valence-corrected chi connectivity index (χ1v) is 8.85. The van der Waals surface area contributed by atoms with E-state index in [2.05, 4.69) is 10.4 Å². The van der Waals surface area contributed by atoms with Crippen LogP contribution in [-0.4, -0.2) is 15.9 Å². The molecule has 6 nitrogen and oxygen atoms in total. The van der Waals surface area contributed by atoms with Gasteiger partial charge in [0.05, 0.1) is 18.4 Å². The van der Waals surface area contributed by atoms with Crippen LogP contribution in [0.5, 0.6) is 0 Å². The minimum absolute atomic E-state index is 0.163. The van der Waals surface area contributed by atoms with Crippen LogP contribution in [0.2, 0.25) is 0 Å². The zero-order valence-corrected chi connectivity index (χ0v) is 15.6. The highest BCUT2D eigenvalue weighted by Crippen LogP contribution is 2.28. The molecular formula is C20H21F2N3O3. The van der Waals surface area contributed by atoms with Gasteiger partial charge in [0, 0.05) is 13.1 Å². The van der Waals surface area contributed by atoms with Crippen LogP contribution in [0.1, 0.15) is 36.5 Å². The van der Waals surface area contributed by atoms with Crippen molar-refractivity contribution in [2.45, 2.75) is 39.3 Å². The van der Waals surface area contributed by atoms with Crippen molar-refractivity contribution in [3.05, 3.63) is 71.4 Å². The molecule has 3 rings (SSSR count). The highest BCUT2D eigenvalue weighted by atomic mass is 19.3. The summed E-state index contributed by atoms with van der Waals surface area (Å²) in [6.07, 6.45) is 3.26. The minimum atomic E-state index is -3.03. The Labute approximate surface area is 161 Å². The molecule has 148 valence electrons. The van der Waals surface area contributed by atoms with Crippen LogP contribution in [-0.2, 0) is 30.2 Å². The molecule has 8 heteroatoms. The second kappa shape index (κ2) is 8.24. The molecule has 0 aliphatic heterocycles. The van der Waals surface area contributed by atoms with E-state index in [4.69, 9.17) is 9.15 Å². The van der Waals surface area contributed by atoms with E-state index in [0.717, 1.165) is 24.5 Å². The van der Waals surface area contributed by atoms with Crippen molar-refractivity contribution in [1.29, 1.82) is 0 Å². The number of hydrogen-bond acceptors (Lipinski definition) is 4. The molecule has 0 aliphatic carbocycles. The Morgan fingerprint density at radius 1 is 1.25 bits per heavy atom. The zero-order chi connectivity index (χ0) is 20.1. The normalized spacial score (nSPS) is 11.4. The Kier molecular flexibility index (Phi) is 5.77. The summed E-state index contributed by atoms with van der Waals surface area (Å²) in [7, 11) is 0. The van der Waals surface area contributed by atoms with Gasteiger partial charge in [-0.3, -0.25) is 10.00 Å². The summed E-state index contributed by atoms with van der Waals surface area (Å²) in [5, 5.41) is 6.67. The van der Waals surface area contributed by atoms with Gasteiger partial charge in [0.15, 0.2) is 5.76 Å². The van der Waals surface area contributed by atoms with E-state index in [1.807, 2.05) is 31.2 Å². The van der Waals surface area contributed by atoms with Crippen LogP contribution in [0.4, 0.5) is 19.3 Å². The molecule has 0 atom stereocenters. The Hall–Kier alpha value is -3.16. The molecule has 0 saturated carbocycles. The summed E-state index contributed by atoms with van der Waals surface area (Å²) < 4.78 is 38.3. The van der Waals surface area contributed by atoms with Gasteiger partial charge in [-0.25, -0.2) is 4.79 Å². The summed E-state index contributed by atoms with van der Waals surface area (Å²) in [5.41, 5.74) is 2.51. The van der Waals surface area contributed by atoms with Crippen LogP contribution in [0.25, 0.3) is 0 Å². The van der Waals surface area contributed by atoms with E-state index in [-0.39, 0.29) is 13.2 Å². The second-order valence-electron chi connectivity index (χ2n) is 6.40. The lowest BCUT2D eigenvalue weighted by molar-refractivity contribution is -0.00636. The number of hydrogen-bond donors (Lipinski definition) is 1. The van der Waals surface area contributed by atoms with Gasteiger partial charge >= 0.3 is 12.0 Å². The number of benzene rings is 1. The van der Waals surface area contributed by atoms with Gasteiger partial charge in [0.1, 0.15) is 12.4 Å². The quantitative estimate of drug-likeness (QED) is 0.621. The fraction of sp³-hybridized carbons (Fsp3) is 0.300. The largest absolute Gasteiger partial charge is 0.458 e. The van der Waals surface area contributed by atoms with E-state index in [1.165, 1.54) is 23.0 Å². The number of alkyl halides is 2. The lowest BCUT2D eigenvalue weighted by Crippen LogP contribution is -2.13. The third-order valence-corrected chi connectivity index (χ3v) is 4.15. The van der Waals surface area contributed by atoms with Gasteiger partial charge in [0.25, 0.3) is 0 Å². The number of carbonyl (C=O) groups excluding carboxylic acids is 1. The molecular weight excluding hydrogens is 368 g/mol. The Morgan fingerprint density at radius 2 is 2.00 bits per heavy atom. The molecule has 2 aromatic heterocycles. The van der Waals surface area contributed by atoms with Crippen molar-refractivity contribution in [3.8, 4) is 0 Å². The first kappa shape index (κ1) is 19.6. The van der Waals surface area contributed by atoms with E-state index >= 15 is 0 Å². The van der Waals surface area contributed by atoms with E-state index < -0.39 is 17.8 Å². The molecule has 0 radical (unpaired) electrons. The highest BCUT2D eigenvalue weighted by molar-refractivity contribution is 5.84. The van der Waals surface area contributed by atoms with Crippen LogP contribution in [0.15, 0.2) is 53.2 Å². The van der Waals surface area contributed by atoms with Crippen molar-refractivity contribution >= 4 is 11.8 Å². The maximum absolute atomic E-state index is 13.2. The van der Waals surface area contributed by atoms with Crippen LogP contribution < -0.4 is 5.32 Å². The number of anilines is 1. The number of ether oxygens (including phenoxy) is 1. The van der Waals surface area contributed by atoms with Crippen LogP contribution in [0.3, 0.4) is 0 Å². The fourth-order valence-corrected chi connectivity index (χ4v) is 2.71. The van der Waals surface area contributed by atoms with Crippen LogP contribution >= 0.6 is 0 Å². The number of aryl methyl sites for hydroxylation is 1. The minimum Gasteiger partial charge on any atom is -0.458 e. The van der Waals surface area contributed by atoms with E-state index in [1.54, 1.807) is 6.20 Å². The molecule has 1 aromatic carbocycles. The molecule has 28 heavy (non-hydrogen) atoms. The number of halogens is 2. The average molecular weight is 389 g/mol. The molecule has 0 bridgehead atoms. The van der Waals surface area contributed by atoms with Gasteiger partial charge in [-0.1, -0.05) is 31.2 Å². The molecule has 0 unspecified atom stereocenters. The topological polar surface area (TPSA) is 69.3 Å². The number of rotatable bonds is 7. The number of amides is 1. The Bertz CT molecular complexity index is 944. The lowest BCUT2D eigenvalue weighted by atomic mass is 10.1. The summed E-state index contributed by atoms with van der Waals surface area (Å²) in [4.78, 5) is 12.0. The van der Waals surface area contributed by atoms with Gasteiger partial charge in [-0.15, -0.1) is 0 Å². The van der Waals surface area contributed by atoms with Gasteiger partial charge in [-0.2, -0.15) is 13.9 Å². The fourth-order valence-electron chi connectivity index (χ4n) is 2.71. The number of aromatic nitrogens is 2. The van der Waals surface area contributed by atoms with Gasteiger partial charge < -0.3 is 9.15 Å². The Morgan fingerprint density at radius 3 is 2.68 bits per heavy atom. The first-order valence-electron chi connectivity index (χ1n) is 8.85. The third-order valence-electron chi connectivity index (χ3n) is 4.15. The van der Waals surface area contributed by atoms with Crippen molar-refractivity contribution in [2.24, 2.45) is 0 Å². The Balaban J connectivity index is 1.54. The lowest BCUT2D eigenvalue weighted by Gasteiger charge is -2.09. The molecule has 1 amide bonds. The average Bonchev–Trinajstić information content (AvgIpc) is 3.30. The van der Waals surface area contributed by atoms with Crippen molar-refractivity contribution in [1.82, 2.24) is 9.78 Å². The molecule has 0 fully saturated rings. The highest BCUT2D eigenvalue weighted by Gasteiger charge is 2.28. The predicted molar refractivity (Wildman–Crippen MR) is 99.2 cm³/mol. The van der Waals surface area contributed by atoms with Gasteiger partial charge in [0.2, 0.25) is 0 Å². The second-order valence-corrected chi connectivity index (χ2v) is 6.40. The van der Waals surface area contributed by atoms with Gasteiger partial charge in [-0.05, 0) is 29.7 Å². The maximum atomic E-state index is 13.2. The number of carbonyl (C=O) groups is 1. The monoisotopic (exact) mass is 389 g/mol. The summed E-state index contributed by atoms with van der Waals surface area (Å²) in [5.74, 6) is -3.09. The first-order chi connectivity index (χ1) is 13.3. The maximum Gasteiger partial charge on any atom is 0.412 e. The summed E-state index contributed by atoms with van der Waals surface area (Å²) in [6, 6.07) is 10.5. The molecule has 2 heterocycles. The van der Waals surface area contributed by atoms with E-state index in [0.29, 0.717) is 11.4 Å². The molecule has 0 spiro atoms. The summed E-state index contributed by atoms with van der Waals surface area (Å²) in [6.45, 7) is 3.15. The number of nitrogens with zero attached hydrogens (tertiary/aromatic N) is 2. The smallest absolute Gasteiger partial charge is 0.412 e. The molecule has 0 aliphatic rings. The standard InChI is InChI=1S/C20H21F2N3O3/c1-3-14-6-4-5-7-15(14)13-27-19(26)24-16-10-23-25(11-16)12-17-8-9-18(28-17)20(2,21)22/h4-11H,3,12-13H2,1-2H3,(H,24,26). The number of furan rings is 1. The predicted octanol–water partition coefficient (Wildman–Crippen LogP) is 4.95. The van der Waals surface area contributed by atoms with E-state index in [9.17, 15) is 13.6 Å². The SMILES string of the molecule is CCc1ccccc1COC(=O)Nc1cnn(Cc2ccc(C(C)(F)F)o2)c1. The van der Waals surface area contributed by atoms with Crippen LogP contribution in [0, 0.1) is 0 Å². The van der Waals surface area contributed by atoms with Crippen molar-refractivity contribution in [3.63, 3.8) is 0 Å². The zero-order valence-electron chi connectivity index (χ0n) is 15.6. The van der Waals surface area contributed by atoms with Crippen molar-refractivity contribution < 1.29 is 22.7 Å².